The van der Waals surface area contributed by atoms with E-state index in [0.29, 0.717) is 18.7 Å². The molecule has 0 N–H and O–H groups in total. The zero-order valence-electron chi connectivity index (χ0n) is 12.2. The molecule has 1 unspecified atom stereocenters. The first-order valence-electron chi connectivity index (χ1n) is 7.58. The standard InChI is InChI=1S/C15H17F2IN2O2/c1-22-14(21)11-10(18)12(15-3-7(4-15)5-15)19-20(11)6-8-2-9(8)13(16)17/h7-9,13H,2-6H2,1H3/t7?,8?,9-,15?/m0/s1. The van der Waals surface area contributed by atoms with Crippen molar-refractivity contribution in [1.82, 2.24) is 9.78 Å². The fourth-order valence-electron chi connectivity index (χ4n) is 3.98. The van der Waals surface area contributed by atoms with Gasteiger partial charge < -0.3 is 4.74 Å². The van der Waals surface area contributed by atoms with Crippen molar-refractivity contribution in [2.45, 2.75) is 44.1 Å². The number of rotatable bonds is 5. The first-order chi connectivity index (χ1) is 10.4. The lowest BCUT2D eigenvalue weighted by Gasteiger charge is -2.61. The highest BCUT2D eigenvalue weighted by Crippen LogP contribution is 2.65. The van der Waals surface area contributed by atoms with Crippen molar-refractivity contribution in [1.29, 1.82) is 0 Å². The minimum Gasteiger partial charge on any atom is -0.464 e. The Labute approximate surface area is 140 Å². The third-order valence-corrected chi connectivity index (χ3v) is 6.54. The Bertz CT molecular complexity index is 629. The predicted octanol–water partition coefficient (Wildman–Crippen LogP) is 3.23. The minimum atomic E-state index is -2.28. The van der Waals surface area contributed by atoms with Crippen LogP contribution in [0.5, 0.6) is 0 Å². The highest BCUT2D eigenvalue weighted by atomic mass is 127. The Balaban J connectivity index is 1.64. The summed E-state index contributed by atoms with van der Waals surface area (Å²) >= 11 is 2.16. The molecule has 1 heterocycles. The summed E-state index contributed by atoms with van der Waals surface area (Å²) in [5.41, 5.74) is 1.55. The van der Waals surface area contributed by atoms with Crippen molar-refractivity contribution < 1.29 is 18.3 Å². The number of nitrogens with zero attached hydrogens (tertiary/aromatic N) is 2. The second-order valence-electron chi connectivity index (χ2n) is 6.94. The molecule has 0 radical (unpaired) electrons. The van der Waals surface area contributed by atoms with Gasteiger partial charge in [0.05, 0.1) is 16.4 Å². The van der Waals surface area contributed by atoms with E-state index in [9.17, 15) is 13.6 Å². The number of esters is 1. The molecule has 4 saturated carbocycles. The van der Waals surface area contributed by atoms with Crippen LogP contribution in [0.4, 0.5) is 8.78 Å². The smallest absolute Gasteiger partial charge is 0.357 e. The number of methoxy groups -OCH3 is 1. The summed E-state index contributed by atoms with van der Waals surface area (Å²) in [6.07, 6.45) is 1.66. The maximum absolute atomic E-state index is 12.7. The summed E-state index contributed by atoms with van der Waals surface area (Å²) in [7, 11) is 1.34. The SMILES string of the molecule is COC(=O)c1c(I)c(C23CC(C2)C3)nn1CC1C[C@@H]1C(F)F. The number of ether oxygens (including phenoxy) is 1. The van der Waals surface area contributed by atoms with E-state index in [4.69, 9.17) is 4.74 Å². The van der Waals surface area contributed by atoms with Crippen LogP contribution < -0.4 is 0 Å². The van der Waals surface area contributed by atoms with Crippen LogP contribution in [0.15, 0.2) is 0 Å². The van der Waals surface area contributed by atoms with Crippen LogP contribution in [0, 0.1) is 21.3 Å². The lowest BCUT2D eigenvalue weighted by atomic mass is 9.43. The van der Waals surface area contributed by atoms with E-state index >= 15 is 0 Å². The van der Waals surface area contributed by atoms with Crippen molar-refractivity contribution in [2.75, 3.05) is 7.11 Å². The van der Waals surface area contributed by atoms with Gasteiger partial charge in [-0.3, -0.25) is 4.68 Å². The Morgan fingerprint density at radius 3 is 2.64 bits per heavy atom. The number of hydrogen-bond acceptors (Lipinski definition) is 3. The van der Waals surface area contributed by atoms with Crippen molar-refractivity contribution in [3.05, 3.63) is 15.0 Å². The fourth-order valence-corrected chi connectivity index (χ4v) is 5.16. The highest BCUT2D eigenvalue weighted by Gasteiger charge is 2.60. The molecular weight excluding hydrogens is 405 g/mol. The normalized spacial score (nSPS) is 35.0. The van der Waals surface area contributed by atoms with Crippen molar-refractivity contribution in [3.63, 3.8) is 0 Å². The van der Waals surface area contributed by atoms with Crippen LogP contribution in [0.1, 0.15) is 41.9 Å². The third kappa shape index (κ3) is 2.03. The predicted molar refractivity (Wildman–Crippen MR) is 82.9 cm³/mol. The van der Waals surface area contributed by atoms with Gasteiger partial charge in [-0.15, -0.1) is 0 Å². The quantitative estimate of drug-likeness (QED) is 0.541. The third-order valence-electron chi connectivity index (χ3n) is 5.52. The highest BCUT2D eigenvalue weighted by molar-refractivity contribution is 14.1. The van der Waals surface area contributed by atoms with E-state index in [1.165, 1.54) is 7.11 Å². The number of carbonyl (C=O) groups is 1. The molecule has 1 aromatic heterocycles. The first-order valence-corrected chi connectivity index (χ1v) is 8.66. The fraction of sp³-hybridized carbons (Fsp3) is 0.733. The largest absolute Gasteiger partial charge is 0.464 e. The zero-order valence-corrected chi connectivity index (χ0v) is 14.3. The molecule has 4 nitrogen and oxygen atoms in total. The molecule has 2 atom stereocenters. The van der Waals surface area contributed by atoms with Gasteiger partial charge in [-0.1, -0.05) is 0 Å². The Kier molecular flexibility index (Phi) is 3.29. The maximum Gasteiger partial charge on any atom is 0.357 e. The van der Waals surface area contributed by atoms with Crippen LogP contribution in [0.25, 0.3) is 0 Å². The van der Waals surface area contributed by atoms with Crippen molar-refractivity contribution in [3.8, 4) is 0 Å². The van der Waals surface area contributed by atoms with E-state index in [-0.39, 0.29) is 11.3 Å². The number of halogens is 3. The van der Waals surface area contributed by atoms with Gasteiger partial charge in [0.15, 0.2) is 5.69 Å². The topological polar surface area (TPSA) is 44.1 Å². The van der Waals surface area contributed by atoms with Crippen LogP contribution in [0.3, 0.4) is 0 Å². The summed E-state index contributed by atoms with van der Waals surface area (Å²) in [5.74, 6) is -0.246. The molecule has 2 bridgehead atoms. The Hall–Kier alpha value is -0.730. The monoisotopic (exact) mass is 422 g/mol. The molecule has 0 spiro atoms. The maximum atomic E-state index is 12.7. The van der Waals surface area contributed by atoms with Crippen molar-refractivity contribution in [2.24, 2.45) is 17.8 Å². The molecule has 4 fully saturated rings. The molecule has 7 heteroatoms. The summed E-state index contributed by atoms with van der Waals surface area (Å²) < 4.78 is 32.8. The second-order valence-corrected chi connectivity index (χ2v) is 8.02. The van der Waals surface area contributed by atoms with Gasteiger partial charge in [-0.2, -0.15) is 5.10 Å². The molecule has 4 aliphatic rings. The lowest BCUT2D eigenvalue weighted by Crippen LogP contribution is -2.55. The van der Waals surface area contributed by atoms with Crippen LogP contribution in [0.2, 0.25) is 0 Å². The number of carbonyl (C=O) groups excluding carboxylic acids is 1. The molecule has 0 saturated heterocycles. The summed E-state index contributed by atoms with van der Waals surface area (Å²) in [6, 6.07) is 0. The number of aromatic nitrogens is 2. The molecule has 22 heavy (non-hydrogen) atoms. The molecule has 0 aliphatic heterocycles. The van der Waals surface area contributed by atoms with Gasteiger partial charge in [-0.25, -0.2) is 13.6 Å². The first kappa shape index (κ1) is 14.8. The van der Waals surface area contributed by atoms with Gasteiger partial charge in [0.2, 0.25) is 6.43 Å². The molecule has 0 aromatic carbocycles. The van der Waals surface area contributed by atoms with Gasteiger partial charge in [0, 0.05) is 17.9 Å². The van der Waals surface area contributed by atoms with Crippen LogP contribution >= 0.6 is 22.6 Å². The van der Waals surface area contributed by atoms with Crippen LogP contribution in [-0.2, 0) is 16.7 Å². The van der Waals surface area contributed by atoms with E-state index in [2.05, 4.69) is 27.7 Å². The average molecular weight is 422 g/mol. The van der Waals surface area contributed by atoms with Crippen LogP contribution in [-0.4, -0.2) is 29.3 Å². The number of hydrogen-bond donors (Lipinski definition) is 0. The summed E-state index contributed by atoms with van der Waals surface area (Å²) in [4.78, 5) is 12.1. The molecule has 4 aliphatic carbocycles. The van der Waals surface area contributed by atoms with E-state index in [1.807, 2.05) is 0 Å². The molecule has 5 rings (SSSR count). The summed E-state index contributed by atoms with van der Waals surface area (Å²) in [5, 5.41) is 4.65. The minimum absolute atomic E-state index is 0.0833. The molecule has 0 amide bonds. The van der Waals surface area contributed by atoms with Gasteiger partial charge in [0.25, 0.3) is 0 Å². The Morgan fingerprint density at radius 2 is 2.18 bits per heavy atom. The number of alkyl halides is 2. The zero-order chi connectivity index (χ0) is 15.6. The molecular formula is C15H17F2IN2O2. The van der Waals surface area contributed by atoms with Gasteiger partial charge in [-0.05, 0) is 60.1 Å². The summed E-state index contributed by atoms with van der Waals surface area (Å²) in [6.45, 7) is 0.384. The average Bonchev–Trinajstić information content (AvgIpc) is 3.06. The van der Waals surface area contributed by atoms with E-state index in [1.54, 1.807) is 4.68 Å². The van der Waals surface area contributed by atoms with Gasteiger partial charge in [0.1, 0.15) is 0 Å². The van der Waals surface area contributed by atoms with E-state index < -0.39 is 18.3 Å². The van der Waals surface area contributed by atoms with Crippen molar-refractivity contribution >= 4 is 28.6 Å². The molecule has 120 valence electrons. The van der Waals surface area contributed by atoms with Gasteiger partial charge >= 0.3 is 5.97 Å². The van der Waals surface area contributed by atoms with E-state index in [0.717, 1.165) is 34.4 Å². The Morgan fingerprint density at radius 1 is 1.50 bits per heavy atom. The molecule has 1 aromatic rings. The lowest BCUT2D eigenvalue weighted by molar-refractivity contribution is -0.0319. The second kappa shape index (κ2) is 4.88.